The molecular weight excluding hydrogens is 564 g/mol. The second-order valence-corrected chi connectivity index (χ2v) is 15.0. The van der Waals surface area contributed by atoms with Crippen molar-refractivity contribution in [3.8, 4) is 0 Å². The summed E-state index contributed by atoms with van der Waals surface area (Å²) < 4.78 is 52.1. The molecule has 0 unspecified atom stereocenters. The molecule has 9 heteroatoms. The molecule has 5 aliphatic heterocycles. The fourth-order valence-electron chi connectivity index (χ4n) is 8.26. The molecule has 254 valence electrons. The molecule has 5 saturated heterocycles. The molecule has 5 fully saturated rings. The van der Waals surface area contributed by atoms with E-state index in [9.17, 15) is 5.11 Å². The summed E-state index contributed by atoms with van der Waals surface area (Å²) in [7, 11) is 1.75. The quantitative estimate of drug-likeness (QED) is 0.292. The average Bonchev–Trinajstić information content (AvgIpc) is 3.29. The number of hydrogen-bond donors (Lipinski definition) is 1. The number of rotatable bonds is 10. The van der Waals surface area contributed by atoms with Gasteiger partial charge in [0.05, 0.1) is 42.7 Å². The summed E-state index contributed by atoms with van der Waals surface area (Å²) in [5.41, 5.74) is 0. The van der Waals surface area contributed by atoms with Crippen molar-refractivity contribution in [1.29, 1.82) is 0 Å². The van der Waals surface area contributed by atoms with Gasteiger partial charge in [0.25, 0.3) is 0 Å². The molecule has 12 atom stereocenters. The molecule has 0 aromatic heterocycles. The van der Waals surface area contributed by atoms with Crippen LogP contribution < -0.4 is 0 Å². The van der Waals surface area contributed by atoms with Crippen LogP contribution in [0.5, 0.6) is 0 Å². The predicted molar refractivity (Wildman–Crippen MR) is 166 cm³/mol. The van der Waals surface area contributed by atoms with Gasteiger partial charge in [-0.15, -0.1) is 6.58 Å². The van der Waals surface area contributed by atoms with E-state index in [1.54, 1.807) is 7.11 Å². The third-order valence-electron chi connectivity index (χ3n) is 10.5. The van der Waals surface area contributed by atoms with Gasteiger partial charge in [-0.2, -0.15) is 0 Å². The molecule has 0 radical (unpaired) electrons. The molecule has 44 heavy (non-hydrogen) atoms. The second kappa shape index (κ2) is 14.2. The number of aliphatic hydroxyl groups excluding tert-OH is 1. The van der Waals surface area contributed by atoms with Gasteiger partial charge in [0.2, 0.25) is 0 Å². The zero-order chi connectivity index (χ0) is 31.7. The normalized spacial score (nSPS) is 44.8. The highest BCUT2D eigenvalue weighted by atomic mass is 16.8. The fourth-order valence-corrected chi connectivity index (χ4v) is 8.26. The van der Waals surface area contributed by atoms with Crippen molar-refractivity contribution in [1.82, 2.24) is 0 Å². The molecule has 1 N–H and O–H groups in total. The monoisotopic (exact) mass is 624 g/mol. The van der Waals surface area contributed by atoms with Crippen LogP contribution in [0.15, 0.2) is 12.7 Å². The van der Waals surface area contributed by atoms with Crippen molar-refractivity contribution in [2.45, 2.75) is 184 Å². The highest BCUT2D eigenvalue weighted by Gasteiger charge is 2.56. The SMILES string of the molecule is C=C[C@H](C)[C@@H]1OC(C)(C)O[C@@H]1[C@H]1O[C@]2(CC[C@@H]1OC)CC[C@H](C)[C@@H](C[C@@H]1C[C@@H](C[C@@H]3CCC[C@H](CCO)O3)OC(C)(C)O1)O2. The van der Waals surface area contributed by atoms with Crippen molar-refractivity contribution in [3.05, 3.63) is 12.7 Å². The molecule has 5 aliphatic rings. The molecule has 1 spiro atoms. The summed E-state index contributed by atoms with van der Waals surface area (Å²) in [6.45, 7) is 16.5. The van der Waals surface area contributed by atoms with E-state index in [0.717, 1.165) is 64.2 Å². The van der Waals surface area contributed by atoms with Crippen LogP contribution in [0.3, 0.4) is 0 Å². The molecule has 0 bridgehead atoms. The van der Waals surface area contributed by atoms with Crippen molar-refractivity contribution in [2.75, 3.05) is 13.7 Å². The van der Waals surface area contributed by atoms with E-state index >= 15 is 0 Å². The fraction of sp³-hybridized carbons (Fsp3) is 0.943. The van der Waals surface area contributed by atoms with E-state index in [-0.39, 0.29) is 67.5 Å². The Morgan fingerprint density at radius 3 is 2.23 bits per heavy atom. The van der Waals surface area contributed by atoms with Gasteiger partial charge in [0.1, 0.15) is 12.2 Å². The Labute approximate surface area is 265 Å². The molecule has 0 aromatic rings. The van der Waals surface area contributed by atoms with E-state index < -0.39 is 17.4 Å². The van der Waals surface area contributed by atoms with Gasteiger partial charge in [-0.1, -0.05) is 19.9 Å². The Hall–Kier alpha value is -0.620. The van der Waals surface area contributed by atoms with Crippen LogP contribution in [-0.2, 0) is 37.9 Å². The minimum atomic E-state index is -0.713. The van der Waals surface area contributed by atoms with Crippen molar-refractivity contribution in [2.24, 2.45) is 11.8 Å². The van der Waals surface area contributed by atoms with E-state index in [1.807, 2.05) is 33.8 Å². The molecule has 5 heterocycles. The summed E-state index contributed by atoms with van der Waals surface area (Å²) in [5.74, 6) is -1.59. The standard InChI is InChI=1S/C35H60O9/c1-9-22(2)30-32(43-34(6,7)42-30)31-28(37-8)14-17-35(44-31)16-13-23(3)29(41-35)21-27-20-26(39-33(4,5)40-27)19-25-12-10-11-24(38-25)15-18-36/h9,22-32,36H,1,10-21H2,2-8H3/t22-,23-,24+,25-,26+,27-,28-,29+,30-,31-,32-,35-/m0/s1. The second-order valence-electron chi connectivity index (χ2n) is 15.0. The Balaban J connectivity index is 1.25. The maximum atomic E-state index is 9.39. The molecule has 5 rings (SSSR count). The van der Waals surface area contributed by atoms with Crippen LogP contribution in [0, 0.1) is 11.8 Å². The van der Waals surface area contributed by atoms with Crippen LogP contribution in [0.1, 0.15) is 112 Å². The van der Waals surface area contributed by atoms with Crippen LogP contribution >= 0.6 is 0 Å². The third kappa shape index (κ3) is 8.26. The summed E-state index contributed by atoms with van der Waals surface area (Å²) >= 11 is 0. The number of aliphatic hydroxyl groups is 1. The summed E-state index contributed by atoms with van der Waals surface area (Å²) in [6.07, 6.45) is 11.2. The lowest BCUT2D eigenvalue weighted by Gasteiger charge is -2.52. The van der Waals surface area contributed by atoms with Gasteiger partial charge in [-0.25, -0.2) is 0 Å². The highest BCUT2D eigenvalue weighted by Crippen LogP contribution is 2.47. The molecular formula is C35H60O9. The van der Waals surface area contributed by atoms with Crippen molar-refractivity contribution >= 4 is 0 Å². The van der Waals surface area contributed by atoms with Gasteiger partial charge in [0, 0.05) is 51.7 Å². The zero-order valence-electron chi connectivity index (χ0n) is 28.3. The van der Waals surface area contributed by atoms with Crippen LogP contribution in [0.4, 0.5) is 0 Å². The van der Waals surface area contributed by atoms with E-state index in [4.69, 9.17) is 37.9 Å². The Kier molecular flexibility index (Phi) is 11.2. The van der Waals surface area contributed by atoms with Crippen LogP contribution in [-0.4, -0.2) is 91.1 Å². The highest BCUT2D eigenvalue weighted by molar-refractivity contribution is 5.01. The lowest BCUT2D eigenvalue weighted by molar-refractivity contribution is -0.358. The maximum absolute atomic E-state index is 9.39. The van der Waals surface area contributed by atoms with Gasteiger partial charge in [0.15, 0.2) is 17.4 Å². The first-order valence-corrected chi connectivity index (χ1v) is 17.3. The first kappa shape index (κ1) is 34.7. The van der Waals surface area contributed by atoms with E-state index in [2.05, 4.69) is 20.4 Å². The summed E-state index contributed by atoms with van der Waals surface area (Å²) in [5, 5.41) is 9.39. The smallest absolute Gasteiger partial charge is 0.169 e. The number of hydrogen-bond acceptors (Lipinski definition) is 9. The van der Waals surface area contributed by atoms with Crippen LogP contribution in [0.2, 0.25) is 0 Å². The van der Waals surface area contributed by atoms with Gasteiger partial charge in [-0.05, 0) is 72.1 Å². The summed E-state index contributed by atoms with van der Waals surface area (Å²) in [6, 6.07) is 0. The minimum Gasteiger partial charge on any atom is -0.396 e. The van der Waals surface area contributed by atoms with E-state index in [1.165, 1.54) is 0 Å². The molecule has 9 nitrogen and oxygen atoms in total. The van der Waals surface area contributed by atoms with Gasteiger partial charge < -0.3 is 43.0 Å². The Bertz CT molecular complexity index is 939. The largest absolute Gasteiger partial charge is 0.396 e. The average molecular weight is 625 g/mol. The van der Waals surface area contributed by atoms with Gasteiger partial charge >= 0.3 is 0 Å². The Morgan fingerprint density at radius 2 is 1.52 bits per heavy atom. The van der Waals surface area contributed by atoms with E-state index in [0.29, 0.717) is 12.3 Å². The van der Waals surface area contributed by atoms with Gasteiger partial charge in [-0.3, -0.25) is 0 Å². The number of methoxy groups -OCH3 is 1. The maximum Gasteiger partial charge on any atom is 0.169 e. The number of ether oxygens (including phenoxy) is 8. The Morgan fingerprint density at radius 1 is 0.841 bits per heavy atom. The third-order valence-corrected chi connectivity index (χ3v) is 10.5. The molecule has 0 saturated carbocycles. The zero-order valence-corrected chi connectivity index (χ0v) is 28.3. The minimum absolute atomic E-state index is 0.00277. The lowest BCUT2D eigenvalue weighted by Crippen LogP contribution is -2.59. The van der Waals surface area contributed by atoms with Crippen LogP contribution in [0.25, 0.3) is 0 Å². The molecule has 0 aliphatic carbocycles. The first-order valence-electron chi connectivity index (χ1n) is 17.3. The lowest BCUT2D eigenvalue weighted by atomic mass is 9.83. The molecule has 0 aromatic carbocycles. The first-order chi connectivity index (χ1) is 20.8. The van der Waals surface area contributed by atoms with Crippen molar-refractivity contribution in [3.63, 3.8) is 0 Å². The topological polar surface area (TPSA) is 94.1 Å². The summed E-state index contributed by atoms with van der Waals surface area (Å²) in [4.78, 5) is 0. The predicted octanol–water partition coefficient (Wildman–Crippen LogP) is 6.04. The molecule has 0 amide bonds. The van der Waals surface area contributed by atoms with Crippen molar-refractivity contribution < 1.29 is 43.0 Å².